The number of aromatic nitrogens is 2. The van der Waals surface area contributed by atoms with Crippen LogP contribution >= 0.6 is 0 Å². The molecule has 1 atom stereocenters. The van der Waals surface area contributed by atoms with Gasteiger partial charge in [0.2, 0.25) is 5.89 Å². The summed E-state index contributed by atoms with van der Waals surface area (Å²) < 4.78 is 28.7. The first-order valence-electron chi connectivity index (χ1n) is 7.57. The second kappa shape index (κ2) is 5.47. The number of sulfone groups is 1. The zero-order valence-electron chi connectivity index (χ0n) is 11.9. The van der Waals surface area contributed by atoms with E-state index in [0.29, 0.717) is 24.0 Å². The lowest BCUT2D eigenvalue weighted by Gasteiger charge is -2.23. The molecule has 5 nitrogen and oxygen atoms in total. The third-order valence-electron chi connectivity index (χ3n) is 4.65. The lowest BCUT2D eigenvalue weighted by Crippen LogP contribution is -2.24. The van der Waals surface area contributed by atoms with Crippen LogP contribution in [0.15, 0.2) is 4.52 Å². The topological polar surface area (TPSA) is 73.1 Å². The Morgan fingerprint density at radius 2 is 1.85 bits per heavy atom. The Bertz CT molecular complexity index is 559. The highest BCUT2D eigenvalue weighted by Crippen LogP contribution is 2.35. The van der Waals surface area contributed by atoms with Crippen molar-refractivity contribution in [3.63, 3.8) is 0 Å². The molecule has 1 saturated carbocycles. The predicted octanol–water partition coefficient (Wildman–Crippen LogP) is 2.66. The molecule has 1 aromatic rings. The van der Waals surface area contributed by atoms with Crippen molar-refractivity contribution in [1.29, 1.82) is 0 Å². The monoisotopic (exact) mass is 298 g/mol. The molecule has 0 N–H and O–H groups in total. The molecule has 1 aliphatic carbocycles. The summed E-state index contributed by atoms with van der Waals surface area (Å²) in [5.41, 5.74) is 0. The first-order chi connectivity index (χ1) is 9.53. The van der Waals surface area contributed by atoms with E-state index in [-0.39, 0.29) is 11.7 Å². The molecule has 0 amide bonds. The van der Waals surface area contributed by atoms with Crippen LogP contribution in [-0.4, -0.2) is 30.1 Å². The summed E-state index contributed by atoms with van der Waals surface area (Å²) >= 11 is 0. The second-order valence-electron chi connectivity index (χ2n) is 6.40. The van der Waals surface area contributed by atoms with E-state index in [9.17, 15) is 8.42 Å². The normalized spacial score (nSPS) is 34.0. The van der Waals surface area contributed by atoms with Gasteiger partial charge in [0.05, 0.1) is 17.4 Å². The van der Waals surface area contributed by atoms with Crippen molar-refractivity contribution >= 4 is 9.84 Å². The van der Waals surface area contributed by atoms with E-state index in [1.54, 1.807) is 0 Å². The Morgan fingerprint density at radius 3 is 2.55 bits per heavy atom. The van der Waals surface area contributed by atoms with Gasteiger partial charge >= 0.3 is 0 Å². The van der Waals surface area contributed by atoms with Crippen LogP contribution in [-0.2, 0) is 9.84 Å². The quantitative estimate of drug-likeness (QED) is 0.839. The smallest absolute Gasteiger partial charge is 0.230 e. The predicted molar refractivity (Wildman–Crippen MR) is 75.3 cm³/mol. The van der Waals surface area contributed by atoms with E-state index >= 15 is 0 Å². The van der Waals surface area contributed by atoms with E-state index in [0.717, 1.165) is 31.0 Å². The van der Waals surface area contributed by atoms with Crippen molar-refractivity contribution in [2.24, 2.45) is 5.92 Å². The van der Waals surface area contributed by atoms with Crippen LogP contribution in [0.1, 0.15) is 69.0 Å². The SMILES string of the molecule is CC1CCC(c2noc([C@H]3CCCS(=O)(=O)C3)n2)CC1. The highest BCUT2D eigenvalue weighted by atomic mass is 32.2. The molecular formula is C14H22N2O3S. The van der Waals surface area contributed by atoms with E-state index in [4.69, 9.17) is 4.52 Å². The third-order valence-corrected chi connectivity index (χ3v) is 6.47. The minimum absolute atomic E-state index is 0.0995. The van der Waals surface area contributed by atoms with E-state index in [1.165, 1.54) is 12.8 Å². The fourth-order valence-corrected chi connectivity index (χ4v) is 5.01. The van der Waals surface area contributed by atoms with Gasteiger partial charge in [-0.1, -0.05) is 24.9 Å². The van der Waals surface area contributed by atoms with Gasteiger partial charge < -0.3 is 4.52 Å². The number of hydrogen-bond donors (Lipinski definition) is 0. The molecule has 6 heteroatoms. The van der Waals surface area contributed by atoms with Crippen LogP contribution in [0.2, 0.25) is 0 Å². The number of nitrogens with zero attached hydrogens (tertiary/aromatic N) is 2. The lowest BCUT2D eigenvalue weighted by molar-refractivity contribution is 0.318. The molecular weight excluding hydrogens is 276 g/mol. The second-order valence-corrected chi connectivity index (χ2v) is 8.63. The number of hydrogen-bond acceptors (Lipinski definition) is 5. The zero-order chi connectivity index (χ0) is 14.2. The molecule has 1 aliphatic heterocycles. The molecule has 1 saturated heterocycles. The van der Waals surface area contributed by atoms with Crippen molar-refractivity contribution in [3.8, 4) is 0 Å². The van der Waals surface area contributed by atoms with Crippen LogP contribution < -0.4 is 0 Å². The fraction of sp³-hybridized carbons (Fsp3) is 0.857. The minimum atomic E-state index is -2.93. The summed E-state index contributed by atoms with van der Waals surface area (Å²) in [6, 6.07) is 0. The van der Waals surface area contributed by atoms with Gasteiger partial charge in [0.1, 0.15) is 0 Å². The molecule has 1 aromatic heterocycles. The van der Waals surface area contributed by atoms with Gasteiger partial charge in [-0.2, -0.15) is 4.98 Å². The van der Waals surface area contributed by atoms with Crippen LogP contribution in [0.4, 0.5) is 0 Å². The molecule has 2 fully saturated rings. The maximum atomic E-state index is 11.7. The molecule has 2 heterocycles. The van der Waals surface area contributed by atoms with Gasteiger partial charge in [0.25, 0.3) is 0 Å². The first kappa shape index (κ1) is 14.0. The average Bonchev–Trinajstić information content (AvgIpc) is 2.88. The van der Waals surface area contributed by atoms with Crippen molar-refractivity contribution < 1.29 is 12.9 Å². The Kier molecular flexibility index (Phi) is 3.84. The Morgan fingerprint density at radius 1 is 1.10 bits per heavy atom. The Labute approximate surface area is 120 Å². The maximum Gasteiger partial charge on any atom is 0.230 e. The van der Waals surface area contributed by atoms with Gasteiger partial charge in [0.15, 0.2) is 15.7 Å². The zero-order valence-corrected chi connectivity index (χ0v) is 12.7. The molecule has 20 heavy (non-hydrogen) atoms. The summed E-state index contributed by atoms with van der Waals surface area (Å²) in [4.78, 5) is 4.51. The summed E-state index contributed by atoms with van der Waals surface area (Å²) in [5.74, 6) is 2.86. The largest absolute Gasteiger partial charge is 0.339 e. The highest BCUT2D eigenvalue weighted by molar-refractivity contribution is 7.91. The van der Waals surface area contributed by atoms with Crippen LogP contribution in [0, 0.1) is 5.92 Å². The van der Waals surface area contributed by atoms with Crippen LogP contribution in [0.3, 0.4) is 0 Å². The summed E-state index contributed by atoms with van der Waals surface area (Å²) in [7, 11) is -2.93. The molecule has 0 bridgehead atoms. The van der Waals surface area contributed by atoms with E-state index < -0.39 is 9.84 Å². The first-order valence-corrected chi connectivity index (χ1v) is 9.39. The fourth-order valence-electron chi connectivity index (χ4n) is 3.31. The van der Waals surface area contributed by atoms with Gasteiger partial charge in [-0.25, -0.2) is 8.42 Å². The lowest BCUT2D eigenvalue weighted by atomic mass is 9.83. The minimum Gasteiger partial charge on any atom is -0.339 e. The van der Waals surface area contributed by atoms with Crippen LogP contribution in [0.5, 0.6) is 0 Å². The molecule has 3 rings (SSSR count). The van der Waals surface area contributed by atoms with Crippen molar-refractivity contribution in [2.45, 2.75) is 57.3 Å². The molecule has 112 valence electrons. The Hall–Kier alpha value is -0.910. The molecule has 0 unspecified atom stereocenters. The van der Waals surface area contributed by atoms with Crippen molar-refractivity contribution in [1.82, 2.24) is 10.1 Å². The van der Waals surface area contributed by atoms with Crippen molar-refractivity contribution in [2.75, 3.05) is 11.5 Å². The molecule has 0 spiro atoms. The molecule has 0 aromatic carbocycles. The Balaban J connectivity index is 1.70. The molecule has 2 aliphatic rings. The van der Waals surface area contributed by atoms with Crippen LogP contribution in [0.25, 0.3) is 0 Å². The summed E-state index contributed by atoms with van der Waals surface area (Å²) in [6.07, 6.45) is 6.19. The van der Waals surface area contributed by atoms with Gasteiger partial charge in [-0.05, 0) is 31.6 Å². The van der Waals surface area contributed by atoms with Gasteiger partial charge in [-0.3, -0.25) is 0 Å². The summed E-state index contributed by atoms with van der Waals surface area (Å²) in [6.45, 7) is 2.28. The van der Waals surface area contributed by atoms with E-state index in [1.807, 2.05) is 0 Å². The standard InChI is InChI=1S/C14H22N2O3S/c1-10-4-6-11(7-5-10)13-15-14(19-16-13)12-3-2-8-20(17,18)9-12/h10-12H,2-9H2,1H3/t10?,11?,12-/m0/s1. The molecule has 0 radical (unpaired) electrons. The third kappa shape index (κ3) is 3.05. The maximum absolute atomic E-state index is 11.7. The van der Waals surface area contributed by atoms with E-state index in [2.05, 4.69) is 17.1 Å². The van der Waals surface area contributed by atoms with Crippen molar-refractivity contribution in [3.05, 3.63) is 11.7 Å². The summed E-state index contributed by atoms with van der Waals surface area (Å²) in [5, 5.41) is 4.11. The highest BCUT2D eigenvalue weighted by Gasteiger charge is 2.31. The average molecular weight is 298 g/mol. The van der Waals surface area contributed by atoms with Gasteiger partial charge in [-0.15, -0.1) is 0 Å². The van der Waals surface area contributed by atoms with Gasteiger partial charge in [0, 0.05) is 5.92 Å². The number of rotatable bonds is 2.